The third-order valence-electron chi connectivity index (χ3n) is 3.91. The van der Waals surface area contributed by atoms with Crippen LogP contribution in [0.25, 0.3) is 0 Å². The van der Waals surface area contributed by atoms with Crippen LogP contribution in [0.2, 0.25) is 0 Å². The maximum absolute atomic E-state index is 13.4. The Labute approximate surface area is 123 Å². The molecule has 1 saturated carbocycles. The standard InChI is InChI=1S/C16H21F2NO2/c1-21-16(20)15(11-8-12(17)10-13(18)9-11)19-14-6-4-2-3-5-7-14/h8-10,14-15,19H,2-7H2,1H3. The Bertz CT molecular complexity index is 465. The molecule has 1 N–H and O–H groups in total. The maximum Gasteiger partial charge on any atom is 0.327 e. The van der Waals surface area contributed by atoms with Gasteiger partial charge in [0.25, 0.3) is 0 Å². The van der Waals surface area contributed by atoms with Crippen LogP contribution in [0.4, 0.5) is 8.78 Å². The SMILES string of the molecule is COC(=O)C(NC1CCCCCC1)c1cc(F)cc(F)c1. The molecule has 1 aliphatic carbocycles. The third kappa shape index (κ3) is 4.49. The Hall–Kier alpha value is -1.49. The van der Waals surface area contributed by atoms with Crippen molar-refractivity contribution in [2.24, 2.45) is 0 Å². The molecule has 0 saturated heterocycles. The second kappa shape index (κ2) is 7.50. The average Bonchev–Trinajstić information content (AvgIpc) is 2.71. The van der Waals surface area contributed by atoms with Gasteiger partial charge in [0.05, 0.1) is 7.11 Å². The predicted molar refractivity (Wildman–Crippen MR) is 75.7 cm³/mol. The van der Waals surface area contributed by atoms with E-state index in [-0.39, 0.29) is 11.6 Å². The van der Waals surface area contributed by atoms with Crippen LogP contribution >= 0.6 is 0 Å². The first-order valence-corrected chi connectivity index (χ1v) is 7.40. The number of esters is 1. The quantitative estimate of drug-likeness (QED) is 0.683. The van der Waals surface area contributed by atoms with Crippen molar-refractivity contribution in [2.75, 3.05) is 7.11 Å². The van der Waals surface area contributed by atoms with Gasteiger partial charge in [-0.25, -0.2) is 13.6 Å². The molecule has 5 heteroatoms. The van der Waals surface area contributed by atoms with E-state index < -0.39 is 23.6 Å². The summed E-state index contributed by atoms with van der Waals surface area (Å²) >= 11 is 0. The first-order chi connectivity index (χ1) is 10.1. The fourth-order valence-electron chi connectivity index (χ4n) is 2.84. The van der Waals surface area contributed by atoms with Gasteiger partial charge in [-0.3, -0.25) is 5.32 Å². The molecule has 1 aromatic rings. The van der Waals surface area contributed by atoms with E-state index in [0.29, 0.717) is 0 Å². The zero-order valence-corrected chi connectivity index (χ0v) is 12.2. The number of hydrogen-bond acceptors (Lipinski definition) is 3. The zero-order chi connectivity index (χ0) is 15.2. The van der Waals surface area contributed by atoms with E-state index >= 15 is 0 Å². The van der Waals surface area contributed by atoms with Gasteiger partial charge in [0, 0.05) is 12.1 Å². The summed E-state index contributed by atoms with van der Waals surface area (Å²) in [5.74, 6) is -1.91. The number of hydrogen-bond donors (Lipinski definition) is 1. The van der Waals surface area contributed by atoms with Gasteiger partial charge >= 0.3 is 5.97 Å². The van der Waals surface area contributed by atoms with Gasteiger partial charge in [0.15, 0.2) is 0 Å². The van der Waals surface area contributed by atoms with E-state index in [1.165, 1.54) is 32.1 Å². The molecule has 3 nitrogen and oxygen atoms in total. The first-order valence-electron chi connectivity index (χ1n) is 7.40. The van der Waals surface area contributed by atoms with Crippen LogP contribution in [-0.2, 0) is 9.53 Å². The molecule has 1 aromatic carbocycles. The predicted octanol–water partition coefficient (Wildman–Crippen LogP) is 3.49. The highest BCUT2D eigenvalue weighted by Gasteiger charge is 2.26. The van der Waals surface area contributed by atoms with Crippen LogP contribution in [0.3, 0.4) is 0 Å². The van der Waals surface area contributed by atoms with Crippen molar-refractivity contribution in [1.82, 2.24) is 5.32 Å². The van der Waals surface area contributed by atoms with Gasteiger partial charge in [-0.15, -0.1) is 0 Å². The van der Waals surface area contributed by atoms with Crippen molar-refractivity contribution >= 4 is 5.97 Å². The molecule has 1 aliphatic rings. The van der Waals surface area contributed by atoms with Gasteiger partial charge < -0.3 is 4.74 Å². The van der Waals surface area contributed by atoms with Crippen molar-refractivity contribution in [3.63, 3.8) is 0 Å². The minimum atomic E-state index is -0.830. The number of methoxy groups -OCH3 is 1. The van der Waals surface area contributed by atoms with Gasteiger partial charge in [-0.1, -0.05) is 25.7 Å². The van der Waals surface area contributed by atoms with Crippen LogP contribution in [0, 0.1) is 11.6 Å². The lowest BCUT2D eigenvalue weighted by Gasteiger charge is -2.23. The summed E-state index contributed by atoms with van der Waals surface area (Å²) < 4.78 is 31.5. The summed E-state index contributed by atoms with van der Waals surface area (Å²) in [6.07, 6.45) is 6.51. The number of carbonyl (C=O) groups is 1. The third-order valence-corrected chi connectivity index (χ3v) is 3.91. The molecule has 116 valence electrons. The van der Waals surface area contributed by atoms with Gasteiger partial charge in [0.1, 0.15) is 17.7 Å². The fourth-order valence-corrected chi connectivity index (χ4v) is 2.84. The Kier molecular flexibility index (Phi) is 5.67. The molecular formula is C16H21F2NO2. The maximum atomic E-state index is 13.4. The molecule has 1 unspecified atom stereocenters. The number of halogens is 2. The number of ether oxygens (including phenoxy) is 1. The molecule has 0 bridgehead atoms. The number of carbonyl (C=O) groups excluding carboxylic acids is 1. The lowest BCUT2D eigenvalue weighted by molar-refractivity contribution is -0.143. The molecule has 1 fully saturated rings. The molecule has 0 radical (unpaired) electrons. The van der Waals surface area contributed by atoms with E-state index in [4.69, 9.17) is 4.74 Å². The second-order valence-corrected chi connectivity index (χ2v) is 5.51. The summed E-state index contributed by atoms with van der Waals surface area (Å²) in [5, 5.41) is 3.21. The smallest absolute Gasteiger partial charge is 0.327 e. The van der Waals surface area contributed by atoms with Gasteiger partial charge in [0.2, 0.25) is 0 Å². The van der Waals surface area contributed by atoms with Crippen molar-refractivity contribution in [3.8, 4) is 0 Å². The highest BCUT2D eigenvalue weighted by Crippen LogP contribution is 2.23. The highest BCUT2D eigenvalue weighted by atomic mass is 19.1. The second-order valence-electron chi connectivity index (χ2n) is 5.51. The minimum Gasteiger partial charge on any atom is -0.468 e. The van der Waals surface area contributed by atoms with Crippen LogP contribution in [-0.4, -0.2) is 19.1 Å². The molecule has 0 aliphatic heterocycles. The summed E-state index contributed by atoms with van der Waals surface area (Å²) in [6, 6.07) is 2.48. The minimum absolute atomic E-state index is 0.169. The average molecular weight is 297 g/mol. The molecule has 2 rings (SSSR count). The normalized spacial score (nSPS) is 18.0. The number of nitrogens with one attached hydrogen (secondary N) is 1. The topological polar surface area (TPSA) is 38.3 Å². The van der Waals surface area contributed by atoms with Crippen molar-refractivity contribution < 1.29 is 18.3 Å². The van der Waals surface area contributed by atoms with E-state index in [9.17, 15) is 13.6 Å². The fraction of sp³-hybridized carbons (Fsp3) is 0.562. The highest BCUT2D eigenvalue weighted by molar-refractivity contribution is 5.77. The van der Waals surface area contributed by atoms with Crippen molar-refractivity contribution in [3.05, 3.63) is 35.4 Å². The van der Waals surface area contributed by atoms with E-state index in [2.05, 4.69) is 5.32 Å². The van der Waals surface area contributed by atoms with E-state index in [1.807, 2.05) is 0 Å². The number of rotatable bonds is 4. The molecular weight excluding hydrogens is 276 g/mol. The van der Waals surface area contributed by atoms with E-state index in [1.54, 1.807) is 0 Å². The zero-order valence-electron chi connectivity index (χ0n) is 12.2. The molecule has 0 amide bonds. The summed E-state index contributed by atoms with van der Waals surface area (Å²) in [5.41, 5.74) is 0.267. The van der Waals surface area contributed by atoms with E-state index in [0.717, 1.165) is 31.7 Å². The molecule has 1 atom stereocenters. The monoisotopic (exact) mass is 297 g/mol. The summed E-state index contributed by atoms with van der Waals surface area (Å²) in [4.78, 5) is 12.0. The van der Waals surface area contributed by atoms with Crippen LogP contribution in [0.1, 0.15) is 50.1 Å². The lowest BCUT2D eigenvalue weighted by atomic mass is 10.0. The number of benzene rings is 1. The lowest BCUT2D eigenvalue weighted by Crippen LogP contribution is -2.37. The Morgan fingerprint density at radius 3 is 2.24 bits per heavy atom. The van der Waals surface area contributed by atoms with Crippen LogP contribution < -0.4 is 5.32 Å². The Balaban J connectivity index is 2.19. The summed E-state index contributed by atoms with van der Waals surface area (Å²) in [7, 11) is 1.28. The largest absolute Gasteiger partial charge is 0.468 e. The van der Waals surface area contributed by atoms with Crippen molar-refractivity contribution in [1.29, 1.82) is 0 Å². The summed E-state index contributed by atoms with van der Waals surface area (Å²) in [6.45, 7) is 0. The first kappa shape index (κ1) is 15.9. The molecule has 0 heterocycles. The molecule has 0 aromatic heterocycles. The molecule has 21 heavy (non-hydrogen) atoms. The van der Waals surface area contributed by atoms with Gasteiger partial charge in [-0.2, -0.15) is 0 Å². The van der Waals surface area contributed by atoms with Crippen LogP contribution in [0.5, 0.6) is 0 Å². The van der Waals surface area contributed by atoms with Crippen LogP contribution in [0.15, 0.2) is 18.2 Å². The van der Waals surface area contributed by atoms with Crippen molar-refractivity contribution in [2.45, 2.75) is 50.6 Å². The van der Waals surface area contributed by atoms with Gasteiger partial charge in [-0.05, 0) is 30.5 Å². The Morgan fingerprint density at radius 2 is 1.71 bits per heavy atom. The Morgan fingerprint density at radius 1 is 1.14 bits per heavy atom. The molecule has 0 spiro atoms.